The van der Waals surface area contributed by atoms with E-state index in [-0.39, 0.29) is 23.8 Å². The van der Waals surface area contributed by atoms with Gasteiger partial charge in [-0.1, -0.05) is 54.6 Å². The van der Waals surface area contributed by atoms with E-state index in [2.05, 4.69) is 27.3 Å². The number of nitrogens with zero attached hydrogens (tertiary/aromatic N) is 3. The van der Waals surface area contributed by atoms with Crippen molar-refractivity contribution in [3.8, 4) is 0 Å². The SMILES string of the molecule is O=C(N[C@@H](CCN1CC2CN(C(=O)c3ccc4ccccc4n3)CC2C1)c1ccccc1)C1CCOC1. The summed E-state index contributed by atoms with van der Waals surface area (Å²) in [5, 5.41) is 4.35. The van der Waals surface area contributed by atoms with E-state index >= 15 is 0 Å². The van der Waals surface area contributed by atoms with E-state index in [1.807, 2.05) is 59.5 Å². The fourth-order valence-electron chi connectivity index (χ4n) is 6.14. The number of hydrogen-bond acceptors (Lipinski definition) is 5. The molecule has 2 amide bonds. The van der Waals surface area contributed by atoms with E-state index in [1.165, 1.54) is 0 Å². The molecule has 1 aromatic heterocycles. The summed E-state index contributed by atoms with van der Waals surface area (Å²) in [6.45, 7) is 5.67. The molecule has 0 spiro atoms. The van der Waals surface area contributed by atoms with Crippen LogP contribution in [0.4, 0.5) is 0 Å². The number of carbonyl (C=O) groups excluding carboxylic acids is 2. The van der Waals surface area contributed by atoms with Gasteiger partial charge in [0.15, 0.2) is 0 Å². The second-order valence-electron chi connectivity index (χ2n) is 10.7. The highest BCUT2D eigenvalue weighted by Crippen LogP contribution is 2.32. The molecule has 7 nitrogen and oxygen atoms in total. The van der Waals surface area contributed by atoms with E-state index in [1.54, 1.807) is 0 Å². The quantitative estimate of drug-likeness (QED) is 0.540. The fourth-order valence-corrected chi connectivity index (χ4v) is 6.14. The summed E-state index contributed by atoms with van der Waals surface area (Å²) in [4.78, 5) is 35.1. The van der Waals surface area contributed by atoms with Crippen molar-refractivity contribution in [1.82, 2.24) is 20.1 Å². The number of nitrogens with one attached hydrogen (secondary N) is 1. The lowest BCUT2D eigenvalue weighted by molar-refractivity contribution is -0.125. The molecule has 0 aliphatic carbocycles. The third-order valence-corrected chi connectivity index (χ3v) is 8.22. The van der Waals surface area contributed by atoms with Crippen molar-refractivity contribution in [2.45, 2.75) is 18.9 Å². The molecule has 2 aromatic carbocycles. The number of pyridine rings is 1. The molecule has 3 fully saturated rings. The molecule has 37 heavy (non-hydrogen) atoms. The molecule has 0 bridgehead atoms. The molecule has 3 aromatic rings. The highest BCUT2D eigenvalue weighted by atomic mass is 16.5. The van der Waals surface area contributed by atoms with Crippen LogP contribution in [0, 0.1) is 17.8 Å². The van der Waals surface area contributed by atoms with Crippen LogP contribution in [0.1, 0.15) is 34.9 Å². The minimum Gasteiger partial charge on any atom is -0.381 e. The standard InChI is InChI=1S/C30H34N4O3/c35-29(23-13-15-37-20-23)32-27(21-6-2-1-3-7-21)12-14-33-16-24-18-34(19-25(24)17-33)30(36)28-11-10-22-8-4-5-9-26(22)31-28/h1-11,23-25,27H,12-20H2,(H,32,35)/t23?,24?,25?,27-/m0/s1. The summed E-state index contributed by atoms with van der Waals surface area (Å²) in [5.41, 5.74) is 2.54. The topological polar surface area (TPSA) is 74.8 Å². The number of likely N-dealkylation sites (tertiary alicyclic amines) is 2. The largest absolute Gasteiger partial charge is 0.381 e. The monoisotopic (exact) mass is 498 g/mol. The highest BCUT2D eigenvalue weighted by Gasteiger charge is 2.42. The number of amides is 2. The molecule has 3 aliphatic heterocycles. The summed E-state index contributed by atoms with van der Waals surface area (Å²) in [5.74, 6) is 1.07. The van der Waals surface area contributed by atoms with Gasteiger partial charge in [0.1, 0.15) is 5.69 Å². The average molecular weight is 499 g/mol. The van der Waals surface area contributed by atoms with Crippen molar-refractivity contribution in [1.29, 1.82) is 0 Å². The molecule has 3 saturated heterocycles. The molecule has 3 unspecified atom stereocenters. The van der Waals surface area contributed by atoms with Crippen molar-refractivity contribution in [2.24, 2.45) is 17.8 Å². The van der Waals surface area contributed by atoms with Crippen molar-refractivity contribution >= 4 is 22.7 Å². The third kappa shape index (κ3) is 5.24. The van der Waals surface area contributed by atoms with Gasteiger partial charge in [-0.05, 0) is 42.4 Å². The smallest absolute Gasteiger partial charge is 0.272 e. The first-order valence-electron chi connectivity index (χ1n) is 13.4. The number of rotatable bonds is 7. The summed E-state index contributed by atoms with van der Waals surface area (Å²) >= 11 is 0. The predicted molar refractivity (Wildman–Crippen MR) is 142 cm³/mol. The molecule has 1 N–H and O–H groups in total. The van der Waals surface area contributed by atoms with Crippen LogP contribution in [0.3, 0.4) is 0 Å². The molecular weight excluding hydrogens is 464 g/mol. The Morgan fingerprint density at radius 3 is 2.46 bits per heavy atom. The fraction of sp³-hybridized carbons (Fsp3) is 0.433. The molecule has 3 aliphatic rings. The third-order valence-electron chi connectivity index (χ3n) is 8.22. The van der Waals surface area contributed by atoms with E-state index < -0.39 is 0 Å². The Kier molecular flexibility index (Phi) is 6.89. The van der Waals surface area contributed by atoms with Gasteiger partial charge in [0.25, 0.3) is 5.91 Å². The molecular formula is C30H34N4O3. The summed E-state index contributed by atoms with van der Waals surface area (Å²) in [7, 11) is 0. The molecule has 0 radical (unpaired) electrons. The lowest BCUT2D eigenvalue weighted by atomic mass is 10.0. The van der Waals surface area contributed by atoms with Crippen molar-refractivity contribution in [3.63, 3.8) is 0 Å². The Labute approximate surface area is 217 Å². The van der Waals surface area contributed by atoms with Crippen molar-refractivity contribution in [2.75, 3.05) is 45.9 Å². The van der Waals surface area contributed by atoms with Crippen LogP contribution in [0.15, 0.2) is 66.7 Å². The molecule has 0 saturated carbocycles. The van der Waals surface area contributed by atoms with Crippen LogP contribution >= 0.6 is 0 Å². The zero-order valence-electron chi connectivity index (χ0n) is 21.1. The van der Waals surface area contributed by atoms with Crippen LogP contribution in [0.5, 0.6) is 0 Å². The minimum atomic E-state index is -0.0435. The summed E-state index contributed by atoms with van der Waals surface area (Å²) < 4.78 is 5.42. The number of hydrogen-bond donors (Lipinski definition) is 1. The zero-order valence-corrected chi connectivity index (χ0v) is 21.1. The molecule has 4 heterocycles. The Balaban J connectivity index is 1.04. The Bertz CT molecular complexity index is 1250. The summed E-state index contributed by atoms with van der Waals surface area (Å²) in [6.07, 6.45) is 1.67. The van der Waals surface area contributed by atoms with Crippen molar-refractivity contribution in [3.05, 3.63) is 78.0 Å². The van der Waals surface area contributed by atoms with E-state index in [0.717, 1.165) is 62.0 Å². The average Bonchev–Trinajstić information content (AvgIpc) is 3.68. The molecule has 6 rings (SSSR count). The Morgan fingerprint density at radius 2 is 1.70 bits per heavy atom. The van der Waals surface area contributed by atoms with Gasteiger partial charge in [0.05, 0.1) is 24.1 Å². The number of fused-ring (bicyclic) bond motifs is 2. The van der Waals surface area contributed by atoms with Crippen LogP contribution in [-0.4, -0.2) is 72.5 Å². The maximum absolute atomic E-state index is 13.2. The summed E-state index contributed by atoms with van der Waals surface area (Å²) in [6, 6.07) is 22.0. The van der Waals surface area contributed by atoms with Crippen LogP contribution in [0.2, 0.25) is 0 Å². The van der Waals surface area contributed by atoms with Gasteiger partial charge in [-0.2, -0.15) is 0 Å². The van der Waals surface area contributed by atoms with Gasteiger partial charge in [0.2, 0.25) is 5.91 Å². The maximum atomic E-state index is 13.2. The first-order chi connectivity index (χ1) is 18.1. The predicted octanol–water partition coefficient (Wildman–Crippen LogP) is 3.52. The van der Waals surface area contributed by atoms with Crippen molar-refractivity contribution < 1.29 is 14.3 Å². The van der Waals surface area contributed by atoms with E-state index in [9.17, 15) is 9.59 Å². The van der Waals surface area contributed by atoms with Gasteiger partial charge >= 0.3 is 0 Å². The maximum Gasteiger partial charge on any atom is 0.272 e. The number of carbonyl (C=O) groups is 2. The first-order valence-corrected chi connectivity index (χ1v) is 13.4. The number of ether oxygens (including phenoxy) is 1. The number of benzene rings is 2. The molecule has 4 atom stereocenters. The number of para-hydroxylation sites is 1. The van der Waals surface area contributed by atoms with Gasteiger partial charge in [-0.15, -0.1) is 0 Å². The van der Waals surface area contributed by atoms with Gasteiger partial charge in [-0.3, -0.25) is 9.59 Å². The highest BCUT2D eigenvalue weighted by molar-refractivity contribution is 5.95. The van der Waals surface area contributed by atoms with Crippen LogP contribution in [0.25, 0.3) is 10.9 Å². The Morgan fingerprint density at radius 1 is 0.946 bits per heavy atom. The second-order valence-corrected chi connectivity index (χ2v) is 10.7. The van der Waals surface area contributed by atoms with Crippen LogP contribution < -0.4 is 5.32 Å². The minimum absolute atomic E-state index is 0.00760. The van der Waals surface area contributed by atoms with E-state index in [0.29, 0.717) is 30.7 Å². The zero-order chi connectivity index (χ0) is 25.2. The molecule has 192 valence electrons. The first kappa shape index (κ1) is 24.1. The lowest BCUT2D eigenvalue weighted by Crippen LogP contribution is -2.37. The van der Waals surface area contributed by atoms with E-state index in [4.69, 9.17) is 4.74 Å². The second kappa shape index (κ2) is 10.6. The number of aromatic nitrogens is 1. The normalized spacial score (nSPS) is 24.3. The van der Waals surface area contributed by atoms with Gasteiger partial charge < -0.3 is 19.9 Å². The van der Waals surface area contributed by atoms with Gasteiger partial charge in [-0.25, -0.2) is 4.98 Å². The molecule has 7 heteroatoms. The van der Waals surface area contributed by atoms with Gasteiger partial charge in [0, 0.05) is 44.7 Å². The van der Waals surface area contributed by atoms with Crippen LogP contribution in [-0.2, 0) is 9.53 Å². The Hall–Kier alpha value is -3.29. The lowest BCUT2D eigenvalue weighted by Gasteiger charge is -2.25.